The first-order chi connectivity index (χ1) is 10.8. The first-order valence-electron chi connectivity index (χ1n) is 8.25. The van der Waals surface area contributed by atoms with E-state index in [1.807, 2.05) is 18.2 Å². The molecule has 1 fully saturated rings. The Morgan fingerprint density at radius 2 is 1.64 bits per heavy atom. The van der Waals surface area contributed by atoms with Gasteiger partial charge in [-0.05, 0) is 49.9 Å². The van der Waals surface area contributed by atoms with Crippen molar-refractivity contribution in [1.29, 1.82) is 0 Å². The maximum atomic E-state index is 6.21. The van der Waals surface area contributed by atoms with Gasteiger partial charge in [0.15, 0.2) is 0 Å². The number of rotatable bonds is 8. The Morgan fingerprint density at radius 3 is 2.27 bits per heavy atom. The van der Waals surface area contributed by atoms with Crippen molar-refractivity contribution in [1.82, 2.24) is 4.90 Å². The third kappa shape index (κ3) is 4.60. The van der Waals surface area contributed by atoms with Crippen LogP contribution < -0.4 is 4.74 Å². The first kappa shape index (κ1) is 15.1. The molecule has 22 heavy (non-hydrogen) atoms. The molecule has 0 N–H and O–H groups in total. The molecule has 1 unspecified atom stereocenters. The van der Waals surface area contributed by atoms with Gasteiger partial charge in [-0.3, -0.25) is 0 Å². The standard InChI is InChI=1S/C20H25NO/c1-21(16-17-8-4-2-5-9-17)15-14-20(18-12-13-18)22-19-10-6-3-7-11-19/h2-11,18,20H,12-16H2,1H3. The van der Waals surface area contributed by atoms with Crippen LogP contribution in [-0.4, -0.2) is 24.6 Å². The predicted molar refractivity (Wildman–Crippen MR) is 91.0 cm³/mol. The molecular formula is C20H25NO. The third-order valence-corrected chi connectivity index (χ3v) is 4.27. The first-order valence-corrected chi connectivity index (χ1v) is 8.25. The monoisotopic (exact) mass is 295 g/mol. The quantitative estimate of drug-likeness (QED) is 0.717. The van der Waals surface area contributed by atoms with E-state index in [1.165, 1.54) is 18.4 Å². The maximum absolute atomic E-state index is 6.21. The number of hydrogen-bond donors (Lipinski definition) is 0. The smallest absolute Gasteiger partial charge is 0.119 e. The van der Waals surface area contributed by atoms with E-state index in [2.05, 4.69) is 54.4 Å². The average Bonchev–Trinajstić information content (AvgIpc) is 3.38. The highest BCUT2D eigenvalue weighted by molar-refractivity contribution is 5.21. The van der Waals surface area contributed by atoms with E-state index < -0.39 is 0 Å². The molecule has 0 radical (unpaired) electrons. The normalized spacial score (nSPS) is 15.7. The van der Waals surface area contributed by atoms with Crippen LogP contribution in [0.5, 0.6) is 5.75 Å². The van der Waals surface area contributed by atoms with Crippen molar-refractivity contribution in [3.05, 3.63) is 66.2 Å². The van der Waals surface area contributed by atoms with Gasteiger partial charge in [0.25, 0.3) is 0 Å². The summed E-state index contributed by atoms with van der Waals surface area (Å²) in [5.74, 6) is 1.76. The van der Waals surface area contributed by atoms with Gasteiger partial charge in [-0.15, -0.1) is 0 Å². The van der Waals surface area contributed by atoms with Crippen molar-refractivity contribution in [2.75, 3.05) is 13.6 Å². The van der Waals surface area contributed by atoms with Crippen LogP contribution in [0, 0.1) is 5.92 Å². The van der Waals surface area contributed by atoms with Gasteiger partial charge < -0.3 is 9.64 Å². The fourth-order valence-electron chi connectivity index (χ4n) is 2.85. The molecule has 2 nitrogen and oxygen atoms in total. The summed E-state index contributed by atoms with van der Waals surface area (Å²) in [4.78, 5) is 2.39. The highest BCUT2D eigenvalue weighted by Gasteiger charge is 2.32. The van der Waals surface area contributed by atoms with Gasteiger partial charge in [0.1, 0.15) is 11.9 Å². The van der Waals surface area contributed by atoms with Gasteiger partial charge in [0.2, 0.25) is 0 Å². The molecule has 0 spiro atoms. The van der Waals surface area contributed by atoms with E-state index >= 15 is 0 Å². The number of hydrogen-bond acceptors (Lipinski definition) is 2. The summed E-state index contributed by atoms with van der Waals surface area (Å²) in [6, 6.07) is 20.9. The largest absolute Gasteiger partial charge is 0.490 e. The SMILES string of the molecule is CN(CCC(Oc1ccccc1)C1CC1)Cc1ccccc1. The van der Waals surface area contributed by atoms with Crippen molar-refractivity contribution < 1.29 is 4.74 Å². The second kappa shape index (κ2) is 7.46. The number of nitrogens with zero attached hydrogens (tertiary/aromatic N) is 1. The molecule has 2 aromatic carbocycles. The van der Waals surface area contributed by atoms with Crippen LogP contribution in [-0.2, 0) is 6.54 Å². The van der Waals surface area contributed by atoms with Crippen molar-refractivity contribution in [3.8, 4) is 5.75 Å². The summed E-state index contributed by atoms with van der Waals surface area (Å²) in [6.45, 7) is 2.08. The minimum atomic E-state index is 0.362. The average molecular weight is 295 g/mol. The molecule has 0 aliphatic heterocycles. The highest BCUT2D eigenvalue weighted by Crippen LogP contribution is 2.36. The Labute approximate surface area is 133 Å². The lowest BCUT2D eigenvalue weighted by Gasteiger charge is -2.23. The summed E-state index contributed by atoms with van der Waals surface area (Å²) < 4.78 is 6.21. The molecule has 0 bridgehead atoms. The van der Waals surface area contributed by atoms with E-state index in [9.17, 15) is 0 Å². The lowest BCUT2D eigenvalue weighted by Crippen LogP contribution is -2.27. The molecule has 0 amide bonds. The Bertz CT molecular complexity index is 550. The summed E-state index contributed by atoms with van der Waals surface area (Å²) in [5.41, 5.74) is 1.37. The minimum absolute atomic E-state index is 0.362. The van der Waals surface area contributed by atoms with Crippen LogP contribution in [0.2, 0.25) is 0 Å². The summed E-state index contributed by atoms with van der Waals surface area (Å²) in [5, 5.41) is 0. The van der Waals surface area contributed by atoms with Crippen LogP contribution in [0.25, 0.3) is 0 Å². The Morgan fingerprint density at radius 1 is 1.00 bits per heavy atom. The van der Waals surface area contributed by atoms with Crippen molar-refractivity contribution in [3.63, 3.8) is 0 Å². The van der Waals surface area contributed by atoms with Crippen LogP contribution in [0.1, 0.15) is 24.8 Å². The van der Waals surface area contributed by atoms with Crippen molar-refractivity contribution in [2.24, 2.45) is 5.92 Å². The van der Waals surface area contributed by atoms with Gasteiger partial charge in [0.05, 0.1) is 0 Å². The molecule has 3 rings (SSSR count). The molecular weight excluding hydrogens is 270 g/mol. The summed E-state index contributed by atoms with van der Waals surface area (Å²) >= 11 is 0. The lowest BCUT2D eigenvalue weighted by atomic mass is 10.1. The topological polar surface area (TPSA) is 12.5 Å². The van der Waals surface area contributed by atoms with Gasteiger partial charge in [-0.1, -0.05) is 48.5 Å². The zero-order valence-electron chi connectivity index (χ0n) is 13.3. The maximum Gasteiger partial charge on any atom is 0.119 e. The van der Waals surface area contributed by atoms with Crippen LogP contribution in [0.3, 0.4) is 0 Å². The van der Waals surface area contributed by atoms with Crippen molar-refractivity contribution >= 4 is 0 Å². The predicted octanol–water partition coefficient (Wildman–Crippen LogP) is 4.37. The van der Waals surface area contributed by atoms with Gasteiger partial charge >= 0.3 is 0 Å². The molecule has 116 valence electrons. The molecule has 1 saturated carbocycles. The molecule has 1 atom stereocenters. The number of benzene rings is 2. The van der Waals surface area contributed by atoms with E-state index in [0.29, 0.717) is 6.10 Å². The molecule has 0 heterocycles. The minimum Gasteiger partial charge on any atom is -0.490 e. The van der Waals surface area contributed by atoms with E-state index in [-0.39, 0.29) is 0 Å². The molecule has 0 saturated heterocycles. The van der Waals surface area contributed by atoms with Gasteiger partial charge in [-0.25, -0.2) is 0 Å². The summed E-state index contributed by atoms with van der Waals surface area (Å²) in [7, 11) is 2.19. The molecule has 1 aliphatic rings. The number of ether oxygens (including phenoxy) is 1. The summed E-state index contributed by atoms with van der Waals surface area (Å²) in [6.07, 6.45) is 4.10. The molecule has 0 aromatic heterocycles. The van der Waals surface area contributed by atoms with Gasteiger partial charge in [-0.2, -0.15) is 0 Å². The van der Waals surface area contributed by atoms with Crippen LogP contribution in [0.4, 0.5) is 0 Å². The van der Waals surface area contributed by atoms with Crippen molar-refractivity contribution in [2.45, 2.75) is 31.9 Å². The second-order valence-corrected chi connectivity index (χ2v) is 6.32. The lowest BCUT2D eigenvalue weighted by molar-refractivity contribution is 0.149. The van der Waals surface area contributed by atoms with E-state index in [0.717, 1.165) is 31.2 Å². The fourth-order valence-corrected chi connectivity index (χ4v) is 2.85. The molecule has 2 aromatic rings. The second-order valence-electron chi connectivity index (χ2n) is 6.32. The van der Waals surface area contributed by atoms with Crippen LogP contribution in [0.15, 0.2) is 60.7 Å². The highest BCUT2D eigenvalue weighted by atomic mass is 16.5. The Kier molecular flexibility index (Phi) is 5.12. The van der Waals surface area contributed by atoms with E-state index in [4.69, 9.17) is 4.74 Å². The Balaban J connectivity index is 1.49. The van der Waals surface area contributed by atoms with Crippen LogP contribution >= 0.6 is 0 Å². The molecule has 2 heteroatoms. The molecule has 1 aliphatic carbocycles. The zero-order valence-corrected chi connectivity index (χ0v) is 13.3. The Hall–Kier alpha value is -1.80. The van der Waals surface area contributed by atoms with Gasteiger partial charge in [0, 0.05) is 13.1 Å². The zero-order chi connectivity index (χ0) is 15.2. The third-order valence-electron chi connectivity index (χ3n) is 4.27. The number of para-hydroxylation sites is 1. The van der Waals surface area contributed by atoms with E-state index in [1.54, 1.807) is 0 Å². The fraction of sp³-hybridized carbons (Fsp3) is 0.400.